The van der Waals surface area contributed by atoms with Gasteiger partial charge in [0.15, 0.2) is 0 Å². The number of esters is 1. The third kappa shape index (κ3) is 2.75. The van der Waals surface area contributed by atoms with Gasteiger partial charge in [-0.3, -0.25) is 0 Å². The lowest BCUT2D eigenvalue weighted by Gasteiger charge is -2.03. The highest BCUT2D eigenvalue weighted by Gasteiger charge is 2.11. The summed E-state index contributed by atoms with van der Waals surface area (Å²) in [6, 6.07) is 8.46. The van der Waals surface area contributed by atoms with Gasteiger partial charge in [-0.05, 0) is 19.1 Å². The normalized spacial score (nSPS) is 10.5. The molecule has 1 aromatic heterocycles. The minimum atomic E-state index is -0.682. The number of hydrogen-bond acceptors (Lipinski definition) is 5. The van der Waals surface area contributed by atoms with E-state index in [9.17, 15) is 9.59 Å². The maximum atomic E-state index is 11.6. The van der Waals surface area contributed by atoms with Crippen molar-refractivity contribution in [2.75, 3.05) is 13.2 Å². The lowest BCUT2D eigenvalue weighted by atomic mass is 10.2. The maximum absolute atomic E-state index is 11.6. The van der Waals surface area contributed by atoms with Gasteiger partial charge >= 0.3 is 11.6 Å². The molecule has 0 radical (unpaired) electrons. The molecule has 1 heterocycles. The molecule has 0 saturated carbocycles. The van der Waals surface area contributed by atoms with Crippen LogP contribution in [0.15, 0.2) is 39.5 Å². The number of hydrogen-bond donors (Lipinski definition) is 0. The van der Waals surface area contributed by atoms with Crippen molar-refractivity contribution in [2.45, 2.75) is 6.92 Å². The quantitative estimate of drug-likeness (QED) is 0.609. The van der Waals surface area contributed by atoms with E-state index in [0.29, 0.717) is 17.6 Å². The van der Waals surface area contributed by atoms with E-state index >= 15 is 0 Å². The SMILES string of the molecule is CCOCC(=O)Oc1cc2ccccc2oc1=O. The van der Waals surface area contributed by atoms with E-state index in [1.54, 1.807) is 31.2 Å². The third-order valence-electron chi connectivity index (χ3n) is 2.26. The molecule has 2 rings (SSSR count). The van der Waals surface area contributed by atoms with Crippen molar-refractivity contribution in [1.29, 1.82) is 0 Å². The van der Waals surface area contributed by atoms with Crippen molar-refractivity contribution in [2.24, 2.45) is 0 Å². The number of fused-ring (bicyclic) bond motifs is 1. The van der Waals surface area contributed by atoms with Crippen molar-refractivity contribution in [3.63, 3.8) is 0 Å². The molecule has 2 aromatic rings. The van der Waals surface area contributed by atoms with Crippen LogP contribution in [0.3, 0.4) is 0 Å². The van der Waals surface area contributed by atoms with Crippen LogP contribution in [-0.4, -0.2) is 19.2 Å². The van der Waals surface area contributed by atoms with Crippen molar-refractivity contribution < 1.29 is 18.7 Å². The molecule has 18 heavy (non-hydrogen) atoms. The summed E-state index contributed by atoms with van der Waals surface area (Å²) in [6.07, 6.45) is 0. The number of ether oxygens (including phenoxy) is 2. The summed E-state index contributed by atoms with van der Waals surface area (Å²) >= 11 is 0. The van der Waals surface area contributed by atoms with Gasteiger partial charge < -0.3 is 13.9 Å². The summed E-state index contributed by atoms with van der Waals surface area (Å²) in [5.41, 5.74) is -0.231. The van der Waals surface area contributed by atoms with E-state index in [4.69, 9.17) is 13.9 Å². The number of carbonyl (C=O) groups excluding carboxylic acids is 1. The Kier molecular flexibility index (Phi) is 3.74. The number of rotatable bonds is 4. The second-order valence-corrected chi connectivity index (χ2v) is 3.55. The Morgan fingerprint density at radius 1 is 1.33 bits per heavy atom. The van der Waals surface area contributed by atoms with Crippen LogP contribution in [-0.2, 0) is 9.53 Å². The Morgan fingerprint density at radius 2 is 2.11 bits per heavy atom. The lowest BCUT2D eigenvalue weighted by Crippen LogP contribution is -2.19. The summed E-state index contributed by atoms with van der Waals surface area (Å²) in [4.78, 5) is 22.9. The second kappa shape index (κ2) is 5.46. The van der Waals surface area contributed by atoms with E-state index < -0.39 is 11.6 Å². The fraction of sp³-hybridized carbons (Fsp3) is 0.231. The van der Waals surface area contributed by atoms with Crippen LogP contribution in [0, 0.1) is 0 Å². The molecule has 0 amide bonds. The van der Waals surface area contributed by atoms with Crippen LogP contribution < -0.4 is 10.4 Å². The zero-order chi connectivity index (χ0) is 13.0. The van der Waals surface area contributed by atoms with Gasteiger partial charge in [0.1, 0.15) is 12.2 Å². The fourth-order valence-corrected chi connectivity index (χ4v) is 1.45. The molecule has 5 heteroatoms. The molecule has 0 atom stereocenters. The van der Waals surface area contributed by atoms with Crippen LogP contribution in [0.25, 0.3) is 11.0 Å². The smallest absolute Gasteiger partial charge is 0.379 e. The Bertz CT molecular complexity index is 614. The first-order chi connectivity index (χ1) is 8.70. The monoisotopic (exact) mass is 248 g/mol. The molecule has 0 fully saturated rings. The Labute approximate surface area is 103 Å². The van der Waals surface area contributed by atoms with Gasteiger partial charge in [-0.1, -0.05) is 18.2 Å². The van der Waals surface area contributed by atoms with Gasteiger partial charge in [-0.2, -0.15) is 0 Å². The molecule has 0 aliphatic heterocycles. The molecule has 0 spiro atoms. The van der Waals surface area contributed by atoms with Crippen molar-refractivity contribution in [3.05, 3.63) is 40.8 Å². The lowest BCUT2D eigenvalue weighted by molar-refractivity contribution is -0.139. The molecule has 1 aromatic carbocycles. The van der Waals surface area contributed by atoms with Crippen LogP contribution in [0.2, 0.25) is 0 Å². The van der Waals surface area contributed by atoms with E-state index in [-0.39, 0.29) is 12.4 Å². The van der Waals surface area contributed by atoms with Crippen LogP contribution in [0.1, 0.15) is 6.92 Å². The van der Waals surface area contributed by atoms with E-state index in [2.05, 4.69) is 0 Å². The zero-order valence-corrected chi connectivity index (χ0v) is 9.84. The molecule has 5 nitrogen and oxygen atoms in total. The molecule has 0 unspecified atom stereocenters. The number of para-hydroxylation sites is 1. The maximum Gasteiger partial charge on any atom is 0.379 e. The van der Waals surface area contributed by atoms with E-state index in [1.807, 2.05) is 0 Å². The van der Waals surface area contributed by atoms with Gasteiger partial charge in [-0.15, -0.1) is 0 Å². The molecule has 0 saturated heterocycles. The largest absolute Gasteiger partial charge is 0.420 e. The first kappa shape index (κ1) is 12.3. The van der Waals surface area contributed by atoms with E-state index in [0.717, 1.165) is 0 Å². The first-order valence-electron chi connectivity index (χ1n) is 5.52. The fourth-order valence-electron chi connectivity index (χ4n) is 1.45. The molecule has 0 aliphatic carbocycles. The molecular formula is C13H12O5. The first-order valence-corrected chi connectivity index (χ1v) is 5.52. The van der Waals surface area contributed by atoms with Crippen LogP contribution in [0.4, 0.5) is 0 Å². The van der Waals surface area contributed by atoms with Gasteiger partial charge in [0.25, 0.3) is 0 Å². The van der Waals surface area contributed by atoms with Crippen LogP contribution in [0.5, 0.6) is 5.75 Å². The van der Waals surface area contributed by atoms with Gasteiger partial charge in [-0.25, -0.2) is 9.59 Å². The summed E-state index contributed by atoms with van der Waals surface area (Å²) < 4.78 is 14.8. The summed E-state index contributed by atoms with van der Waals surface area (Å²) in [7, 11) is 0. The average Bonchev–Trinajstić information content (AvgIpc) is 2.37. The summed E-state index contributed by atoms with van der Waals surface area (Å²) in [5.74, 6) is -0.752. The van der Waals surface area contributed by atoms with Crippen molar-refractivity contribution >= 4 is 16.9 Å². The highest BCUT2D eigenvalue weighted by molar-refractivity contribution is 5.79. The van der Waals surface area contributed by atoms with Crippen molar-refractivity contribution in [1.82, 2.24) is 0 Å². The predicted molar refractivity (Wildman–Crippen MR) is 64.6 cm³/mol. The average molecular weight is 248 g/mol. The zero-order valence-electron chi connectivity index (χ0n) is 9.84. The van der Waals surface area contributed by atoms with Gasteiger partial charge in [0.05, 0.1) is 0 Å². The summed E-state index contributed by atoms with van der Waals surface area (Å²) in [5, 5.41) is 0.691. The molecule has 0 bridgehead atoms. The Hall–Kier alpha value is -2.14. The topological polar surface area (TPSA) is 65.7 Å². The minimum Gasteiger partial charge on any atom is -0.420 e. The highest BCUT2D eigenvalue weighted by Crippen LogP contribution is 2.16. The molecule has 94 valence electrons. The third-order valence-corrected chi connectivity index (χ3v) is 2.26. The van der Waals surface area contributed by atoms with Gasteiger partial charge in [0.2, 0.25) is 5.75 Å². The standard InChI is InChI=1S/C13H12O5/c1-2-16-8-12(14)17-11-7-9-5-3-4-6-10(9)18-13(11)15/h3-7H,2,8H2,1H3. The Balaban J connectivity index is 2.25. The predicted octanol–water partition coefficient (Wildman–Crippen LogP) is 1.73. The molecular weight excluding hydrogens is 236 g/mol. The van der Waals surface area contributed by atoms with Crippen LogP contribution >= 0.6 is 0 Å². The Morgan fingerprint density at radius 3 is 2.89 bits per heavy atom. The second-order valence-electron chi connectivity index (χ2n) is 3.55. The minimum absolute atomic E-state index is 0.126. The highest BCUT2D eigenvalue weighted by atomic mass is 16.6. The number of carbonyl (C=O) groups is 1. The molecule has 0 aliphatic rings. The molecule has 0 N–H and O–H groups in total. The summed E-state index contributed by atoms with van der Waals surface area (Å²) in [6.45, 7) is 1.97. The van der Waals surface area contributed by atoms with E-state index in [1.165, 1.54) is 6.07 Å². The van der Waals surface area contributed by atoms with Gasteiger partial charge in [0, 0.05) is 12.0 Å². The number of benzene rings is 1. The van der Waals surface area contributed by atoms with Crippen molar-refractivity contribution in [3.8, 4) is 5.75 Å².